The van der Waals surface area contributed by atoms with Gasteiger partial charge in [0.15, 0.2) is 0 Å². The van der Waals surface area contributed by atoms with E-state index in [0.29, 0.717) is 15.6 Å². The highest BCUT2D eigenvalue weighted by Crippen LogP contribution is 2.30. The molecule has 1 atom stereocenters. The van der Waals surface area contributed by atoms with Crippen molar-refractivity contribution in [3.63, 3.8) is 0 Å². The Bertz CT molecular complexity index is 540. The molecule has 0 aliphatic heterocycles. The fraction of sp³-hybridized carbons (Fsp3) is 0.0769. The lowest BCUT2D eigenvalue weighted by Crippen LogP contribution is -2.29. The zero-order chi connectivity index (χ0) is 13.1. The molecule has 5 heteroatoms. The lowest BCUT2D eigenvalue weighted by atomic mass is 9.99. The molecule has 0 spiro atoms. The van der Waals surface area contributed by atoms with Crippen LogP contribution in [0.2, 0.25) is 10.0 Å². The van der Waals surface area contributed by atoms with Gasteiger partial charge in [0.1, 0.15) is 5.82 Å². The molecular weight excluding hydrogens is 274 g/mol. The van der Waals surface area contributed by atoms with Gasteiger partial charge in [0.25, 0.3) is 0 Å². The summed E-state index contributed by atoms with van der Waals surface area (Å²) in [6.07, 6.45) is 0. The normalized spacial score (nSPS) is 12.4. The van der Waals surface area contributed by atoms with Gasteiger partial charge in [-0.05, 0) is 29.8 Å². The van der Waals surface area contributed by atoms with E-state index in [-0.39, 0.29) is 0 Å². The van der Waals surface area contributed by atoms with Crippen LogP contribution in [0.25, 0.3) is 0 Å². The van der Waals surface area contributed by atoms with Crippen LogP contribution in [0, 0.1) is 5.82 Å². The smallest absolute Gasteiger partial charge is 0.129 e. The van der Waals surface area contributed by atoms with Crippen molar-refractivity contribution < 1.29 is 4.39 Å². The van der Waals surface area contributed by atoms with Gasteiger partial charge in [-0.25, -0.2) is 9.82 Å². The Balaban J connectivity index is 2.52. The number of benzene rings is 2. The maximum atomic E-state index is 13.9. The predicted octanol–water partition coefficient (Wildman–Crippen LogP) is 3.69. The summed E-state index contributed by atoms with van der Waals surface area (Å²) < 4.78 is 13.9. The van der Waals surface area contributed by atoms with Gasteiger partial charge in [-0.15, -0.1) is 0 Å². The molecule has 3 N–H and O–H groups in total. The largest absolute Gasteiger partial charge is 0.271 e. The second-order valence-corrected chi connectivity index (χ2v) is 4.63. The number of nitrogens with one attached hydrogen (secondary N) is 1. The Labute approximate surface area is 114 Å². The first kappa shape index (κ1) is 13.3. The predicted molar refractivity (Wildman–Crippen MR) is 72.0 cm³/mol. The van der Waals surface area contributed by atoms with Gasteiger partial charge in [0.2, 0.25) is 0 Å². The van der Waals surface area contributed by atoms with Crippen molar-refractivity contribution in [2.75, 3.05) is 0 Å². The lowest BCUT2D eigenvalue weighted by molar-refractivity contribution is 0.560. The van der Waals surface area contributed by atoms with E-state index in [0.717, 1.165) is 5.56 Å². The molecule has 0 fully saturated rings. The summed E-state index contributed by atoms with van der Waals surface area (Å²) in [4.78, 5) is 0. The monoisotopic (exact) mass is 284 g/mol. The molecule has 2 aromatic carbocycles. The summed E-state index contributed by atoms with van der Waals surface area (Å²) in [6, 6.07) is 11.0. The minimum absolute atomic E-state index is 0.309. The topological polar surface area (TPSA) is 38.0 Å². The SMILES string of the molecule is NNC(c1cccc(Cl)c1)c1c(F)cccc1Cl. The second kappa shape index (κ2) is 5.67. The Morgan fingerprint density at radius 2 is 1.83 bits per heavy atom. The third-order valence-electron chi connectivity index (χ3n) is 2.64. The number of hydrazine groups is 1. The van der Waals surface area contributed by atoms with Crippen LogP contribution in [0.15, 0.2) is 42.5 Å². The maximum absolute atomic E-state index is 13.9. The van der Waals surface area contributed by atoms with Crippen molar-refractivity contribution in [3.05, 3.63) is 69.5 Å². The number of halogens is 3. The van der Waals surface area contributed by atoms with E-state index in [9.17, 15) is 4.39 Å². The second-order valence-electron chi connectivity index (χ2n) is 3.79. The average Bonchev–Trinajstić information content (AvgIpc) is 2.34. The molecule has 0 aromatic heterocycles. The fourth-order valence-electron chi connectivity index (χ4n) is 1.82. The van der Waals surface area contributed by atoms with E-state index in [4.69, 9.17) is 29.0 Å². The molecule has 0 heterocycles. The Kier molecular flexibility index (Phi) is 4.19. The van der Waals surface area contributed by atoms with Crippen LogP contribution >= 0.6 is 23.2 Å². The van der Waals surface area contributed by atoms with E-state index < -0.39 is 11.9 Å². The summed E-state index contributed by atoms with van der Waals surface area (Å²) >= 11 is 11.9. The number of nitrogens with two attached hydrogens (primary N) is 1. The molecule has 0 saturated heterocycles. The van der Waals surface area contributed by atoms with Gasteiger partial charge in [-0.1, -0.05) is 41.4 Å². The molecule has 0 aliphatic rings. The average molecular weight is 285 g/mol. The van der Waals surface area contributed by atoms with Crippen molar-refractivity contribution in [2.24, 2.45) is 5.84 Å². The maximum Gasteiger partial charge on any atom is 0.129 e. The van der Waals surface area contributed by atoms with E-state index in [1.54, 1.807) is 36.4 Å². The van der Waals surface area contributed by atoms with Gasteiger partial charge >= 0.3 is 0 Å². The van der Waals surface area contributed by atoms with Crippen molar-refractivity contribution in [2.45, 2.75) is 6.04 Å². The van der Waals surface area contributed by atoms with Crippen molar-refractivity contribution in [1.29, 1.82) is 0 Å². The van der Waals surface area contributed by atoms with E-state index in [1.807, 2.05) is 0 Å². The third-order valence-corrected chi connectivity index (χ3v) is 3.20. The Morgan fingerprint density at radius 1 is 1.11 bits per heavy atom. The van der Waals surface area contributed by atoms with Gasteiger partial charge in [-0.3, -0.25) is 5.84 Å². The molecule has 18 heavy (non-hydrogen) atoms. The molecule has 2 nitrogen and oxygen atoms in total. The van der Waals surface area contributed by atoms with Crippen LogP contribution in [-0.2, 0) is 0 Å². The summed E-state index contributed by atoms with van der Waals surface area (Å²) in [7, 11) is 0. The summed E-state index contributed by atoms with van der Waals surface area (Å²) in [6.45, 7) is 0. The highest BCUT2D eigenvalue weighted by atomic mass is 35.5. The number of hydrogen-bond acceptors (Lipinski definition) is 2. The molecule has 0 saturated carbocycles. The molecule has 94 valence electrons. The number of rotatable bonds is 3. The van der Waals surface area contributed by atoms with Crippen LogP contribution in [0.4, 0.5) is 4.39 Å². The Hall–Kier alpha value is -1.13. The molecular formula is C13H11Cl2FN2. The minimum atomic E-state index is -0.544. The van der Waals surface area contributed by atoms with Crippen molar-refractivity contribution in [3.8, 4) is 0 Å². The van der Waals surface area contributed by atoms with Gasteiger partial charge in [0.05, 0.1) is 6.04 Å². The zero-order valence-corrected chi connectivity index (χ0v) is 10.8. The van der Waals surface area contributed by atoms with Crippen LogP contribution in [0.3, 0.4) is 0 Å². The first-order valence-electron chi connectivity index (χ1n) is 5.29. The fourth-order valence-corrected chi connectivity index (χ4v) is 2.29. The first-order valence-corrected chi connectivity index (χ1v) is 6.04. The van der Waals surface area contributed by atoms with Crippen molar-refractivity contribution in [1.82, 2.24) is 5.43 Å². The molecule has 2 aromatic rings. The van der Waals surface area contributed by atoms with E-state index >= 15 is 0 Å². The highest BCUT2D eigenvalue weighted by molar-refractivity contribution is 6.31. The van der Waals surface area contributed by atoms with E-state index in [2.05, 4.69) is 5.43 Å². The first-order chi connectivity index (χ1) is 8.63. The van der Waals surface area contributed by atoms with Gasteiger partial charge in [-0.2, -0.15) is 0 Å². The molecule has 0 bridgehead atoms. The molecule has 0 radical (unpaired) electrons. The summed E-state index contributed by atoms with van der Waals surface area (Å²) in [5.41, 5.74) is 3.62. The number of hydrogen-bond donors (Lipinski definition) is 2. The van der Waals surface area contributed by atoms with Gasteiger partial charge < -0.3 is 0 Å². The summed E-state index contributed by atoms with van der Waals surface area (Å²) in [5.74, 6) is 5.09. The van der Waals surface area contributed by atoms with Crippen LogP contribution in [-0.4, -0.2) is 0 Å². The molecule has 0 aliphatic carbocycles. The molecule has 1 unspecified atom stereocenters. The summed E-state index contributed by atoms with van der Waals surface area (Å²) in [5, 5.41) is 0.873. The third kappa shape index (κ3) is 2.65. The standard InChI is InChI=1S/C13H11Cl2FN2/c14-9-4-1-3-8(7-9)13(18-17)12-10(15)5-2-6-11(12)16/h1-7,13,18H,17H2. The van der Waals surface area contributed by atoms with Crippen molar-refractivity contribution >= 4 is 23.2 Å². The molecule has 2 rings (SSSR count). The van der Waals surface area contributed by atoms with Crippen LogP contribution in [0.5, 0.6) is 0 Å². The Morgan fingerprint density at radius 3 is 2.44 bits per heavy atom. The lowest BCUT2D eigenvalue weighted by Gasteiger charge is -2.19. The van der Waals surface area contributed by atoms with Crippen LogP contribution < -0.4 is 11.3 Å². The zero-order valence-electron chi connectivity index (χ0n) is 9.33. The van der Waals surface area contributed by atoms with Gasteiger partial charge in [0, 0.05) is 15.6 Å². The molecule has 0 amide bonds. The highest BCUT2D eigenvalue weighted by Gasteiger charge is 2.19. The quantitative estimate of drug-likeness (QED) is 0.666. The minimum Gasteiger partial charge on any atom is -0.271 e. The van der Waals surface area contributed by atoms with E-state index in [1.165, 1.54) is 6.07 Å². The van der Waals surface area contributed by atoms with Crippen LogP contribution in [0.1, 0.15) is 17.2 Å².